The first-order valence-electron chi connectivity index (χ1n) is 12.8. The van der Waals surface area contributed by atoms with Gasteiger partial charge in [-0.25, -0.2) is 9.18 Å². The molecule has 1 saturated heterocycles. The molecule has 3 rings (SSSR count). The van der Waals surface area contributed by atoms with E-state index in [1.807, 2.05) is 39.5 Å². The molecular formula is C28H37ClFN3O6. The Labute approximate surface area is 234 Å². The van der Waals surface area contributed by atoms with E-state index in [1.54, 1.807) is 36.3 Å². The molecule has 214 valence electrons. The molecule has 0 bridgehead atoms. The summed E-state index contributed by atoms with van der Waals surface area (Å²) in [6, 6.07) is 8.82. The van der Waals surface area contributed by atoms with Crippen LogP contribution < -0.4 is 15.0 Å². The molecule has 1 aliphatic heterocycles. The summed E-state index contributed by atoms with van der Waals surface area (Å²) in [5.41, 5.74) is 0.245. The van der Waals surface area contributed by atoms with Crippen LogP contribution in [0.25, 0.3) is 0 Å². The van der Waals surface area contributed by atoms with Gasteiger partial charge in [-0.05, 0) is 71.0 Å². The summed E-state index contributed by atoms with van der Waals surface area (Å²) in [5, 5.41) is 3.05. The van der Waals surface area contributed by atoms with Crippen LogP contribution in [0.4, 0.5) is 20.6 Å². The third kappa shape index (κ3) is 8.45. The van der Waals surface area contributed by atoms with Gasteiger partial charge in [-0.3, -0.25) is 4.79 Å². The summed E-state index contributed by atoms with van der Waals surface area (Å²) in [7, 11) is 1.56. The lowest BCUT2D eigenvalue weighted by Crippen LogP contribution is -2.59. The average Bonchev–Trinajstić information content (AvgIpc) is 2.85. The molecule has 2 amide bonds. The van der Waals surface area contributed by atoms with Gasteiger partial charge in [0.2, 0.25) is 0 Å². The van der Waals surface area contributed by atoms with E-state index in [4.69, 9.17) is 30.5 Å². The number of hydrogen-bond donors (Lipinski definition) is 1. The summed E-state index contributed by atoms with van der Waals surface area (Å²) in [6.07, 6.45) is -0.383. The van der Waals surface area contributed by atoms with Crippen LogP contribution in [0.5, 0.6) is 5.75 Å². The highest BCUT2D eigenvalue weighted by Gasteiger charge is 2.35. The van der Waals surface area contributed by atoms with E-state index in [9.17, 15) is 9.59 Å². The molecule has 1 heterocycles. The number of anilines is 2. The Kier molecular flexibility index (Phi) is 10.4. The smallest absolute Gasteiger partial charge is 0.410 e. The molecule has 0 unspecified atom stereocenters. The van der Waals surface area contributed by atoms with Gasteiger partial charge in [-0.15, -0.1) is 0 Å². The quantitative estimate of drug-likeness (QED) is 0.314. The van der Waals surface area contributed by atoms with E-state index in [0.717, 1.165) is 0 Å². The predicted octanol–water partition coefficient (Wildman–Crippen LogP) is 5.56. The number of methoxy groups -OCH3 is 1. The molecule has 1 aliphatic rings. The van der Waals surface area contributed by atoms with Gasteiger partial charge >= 0.3 is 6.09 Å². The maximum absolute atomic E-state index is 15.3. The number of halogens is 2. The molecule has 1 fully saturated rings. The van der Waals surface area contributed by atoms with Crippen LogP contribution in [0.15, 0.2) is 36.4 Å². The summed E-state index contributed by atoms with van der Waals surface area (Å²) < 4.78 is 36.6. The molecule has 11 heteroatoms. The normalized spacial score (nSPS) is 17.6. The summed E-state index contributed by atoms with van der Waals surface area (Å²) in [5.74, 6) is -0.728. The summed E-state index contributed by atoms with van der Waals surface area (Å²) >= 11 is 6.10. The Morgan fingerprint density at radius 1 is 1.08 bits per heavy atom. The first-order chi connectivity index (χ1) is 18.4. The van der Waals surface area contributed by atoms with Crippen LogP contribution in [-0.4, -0.2) is 74.8 Å². The Morgan fingerprint density at radius 2 is 1.82 bits per heavy atom. The van der Waals surface area contributed by atoms with Crippen LogP contribution in [0.3, 0.4) is 0 Å². The molecular weight excluding hydrogens is 529 g/mol. The third-order valence-electron chi connectivity index (χ3n) is 6.04. The lowest BCUT2D eigenvalue weighted by molar-refractivity contribution is -0.00872. The average molecular weight is 566 g/mol. The maximum Gasteiger partial charge on any atom is 0.410 e. The molecule has 9 nitrogen and oxygen atoms in total. The van der Waals surface area contributed by atoms with Crippen molar-refractivity contribution in [1.29, 1.82) is 0 Å². The second-order valence-corrected chi connectivity index (χ2v) is 10.8. The number of carbonyl (C=O) groups is 2. The van der Waals surface area contributed by atoms with Crippen molar-refractivity contribution in [3.63, 3.8) is 0 Å². The maximum atomic E-state index is 15.3. The fourth-order valence-corrected chi connectivity index (χ4v) is 4.34. The van der Waals surface area contributed by atoms with Gasteiger partial charge < -0.3 is 34.1 Å². The number of piperazine rings is 1. The number of carbonyl (C=O) groups excluding carboxylic acids is 2. The zero-order valence-electron chi connectivity index (χ0n) is 23.3. The molecule has 1 N–H and O–H groups in total. The number of nitrogens with zero attached hydrogens (tertiary/aromatic N) is 2. The lowest BCUT2D eigenvalue weighted by Gasteiger charge is -2.45. The third-order valence-corrected chi connectivity index (χ3v) is 6.28. The predicted molar refractivity (Wildman–Crippen MR) is 148 cm³/mol. The standard InChI is InChI=1S/C28H37ClFN3O6/c1-18-16-33(27(35)39-28(3,4)5)19(2)15-32(18)24-9-8-21(14-23(24)30)31-26(34)22-13-20(29)7-10-25(22)38-17-37-12-11-36-6/h7-10,13-14,18-19H,11-12,15-17H2,1-6H3,(H,31,34)/t18-,19+/m1/s1. The minimum Gasteiger partial charge on any atom is -0.467 e. The number of rotatable bonds is 9. The van der Waals surface area contributed by atoms with Crippen molar-refractivity contribution in [3.05, 3.63) is 52.8 Å². The van der Waals surface area contributed by atoms with E-state index in [0.29, 0.717) is 37.0 Å². The molecule has 2 atom stereocenters. The number of amides is 2. The number of ether oxygens (including phenoxy) is 4. The number of hydrogen-bond acceptors (Lipinski definition) is 7. The minimum absolute atomic E-state index is 0.0770. The monoisotopic (exact) mass is 565 g/mol. The van der Waals surface area contributed by atoms with Gasteiger partial charge in [0.1, 0.15) is 17.2 Å². The highest BCUT2D eigenvalue weighted by atomic mass is 35.5. The van der Waals surface area contributed by atoms with E-state index < -0.39 is 17.3 Å². The molecule has 0 aliphatic carbocycles. The van der Waals surface area contributed by atoms with Gasteiger partial charge in [-0.1, -0.05) is 11.6 Å². The topological polar surface area (TPSA) is 89.6 Å². The van der Waals surface area contributed by atoms with Gasteiger partial charge in [0, 0.05) is 43.0 Å². The Balaban J connectivity index is 1.68. The minimum atomic E-state index is -0.598. The summed E-state index contributed by atoms with van der Waals surface area (Å²) in [6.45, 7) is 10.8. The van der Waals surface area contributed by atoms with Gasteiger partial charge in [0.05, 0.1) is 24.5 Å². The van der Waals surface area contributed by atoms with Gasteiger partial charge in [-0.2, -0.15) is 0 Å². The first kappa shape index (κ1) is 30.5. The molecule has 0 radical (unpaired) electrons. The van der Waals surface area contributed by atoms with Crippen molar-refractivity contribution in [2.45, 2.75) is 52.3 Å². The van der Waals surface area contributed by atoms with Gasteiger partial charge in [0.15, 0.2) is 6.79 Å². The second-order valence-electron chi connectivity index (χ2n) is 10.4. The highest BCUT2D eigenvalue weighted by Crippen LogP contribution is 2.30. The fourth-order valence-electron chi connectivity index (χ4n) is 4.17. The van der Waals surface area contributed by atoms with Crippen molar-refractivity contribution < 1.29 is 32.9 Å². The van der Waals surface area contributed by atoms with E-state index >= 15 is 4.39 Å². The molecule has 0 spiro atoms. The second kappa shape index (κ2) is 13.3. The van der Waals surface area contributed by atoms with Crippen molar-refractivity contribution in [2.75, 3.05) is 50.4 Å². The van der Waals surface area contributed by atoms with E-state index in [-0.39, 0.29) is 42.0 Å². The van der Waals surface area contributed by atoms with Crippen molar-refractivity contribution in [2.24, 2.45) is 0 Å². The molecule has 0 aromatic heterocycles. The SMILES string of the molecule is COCCOCOc1ccc(Cl)cc1C(=O)Nc1ccc(N2C[C@H](C)N(C(=O)OC(C)(C)C)C[C@H]2C)c(F)c1. The largest absolute Gasteiger partial charge is 0.467 e. The zero-order chi connectivity index (χ0) is 28.7. The van der Waals surface area contributed by atoms with Crippen LogP contribution in [-0.2, 0) is 14.2 Å². The van der Waals surface area contributed by atoms with Crippen LogP contribution >= 0.6 is 11.6 Å². The molecule has 0 saturated carbocycles. The fraction of sp³-hybridized carbons (Fsp3) is 0.500. The Hall–Kier alpha value is -3.08. The molecule has 2 aromatic carbocycles. The van der Waals surface area contributed by atoms with E-state index in [2.05, 4.69) is 5.32 Å². The Morgan fingerprint density at radius 3 is 2.49 bits per heavy atom. The molecule has 2 aromatic rings. The zero-order valence-corrected chi connectivity index (χ0v) is 24.0. The van der Waals surface area contributed by atoms with Crippen molar-refractivity contribution in [3.8, 4) is 5.75 Å². The first-order valence-corrected chi connectivity index (χ1v) is 13.1. The van der Waals surface area contributed by atoms with Gasteiger partial charge in [0.25, 0.3) is 5.91 Å². The van der Waals surface area contributed by atoms with Crippen LogP contribution in [0.2, 0.25) is 5.02 Å². The number of nitrogens with one attached hydrogen (secondary N) is 1. The van der Waals surface area contributed by atoms with Crippen molar-refractivity contribution >= 4 is 35.0 Å². The van der Waals surface area contributed by atoms with E-state index in [1.165, 1.54) is 12.1 Å². The highest BCUT2D eigenvalue weighted by molar-refractivity contribution is 6.31. The lowest BCUT2D eigenvalue weighted by atomic mass is 10.1. The van der Waals surface area contributed by atoms with Crippen molar-refractivity contribution in [1.82, 2.24) is 4.90 Å². The van der Waals surface area contributed by atoms with Crippen LogP contribution in [0.1, 0.15) is 45.0 Å². The Bertz CT molecular complexity index is 1160. The summed E-state index contributed by atoms with van der Waals surface area (Å²) in [4.78, 5) is 29.2. The molecule has 39 heavy (non-hydrogen) atoms. The van der Waals surface area contributed by atoms with Crippen LogP contribution in [0, 0.1) is 5.82 Å². The number of benzene rings is 2.